The Morgan fingerprint density at radius 1 is 1.13 bits per heavy atom. The maximum absolute atomic E-state index is 12.6. The highest BCUT2D eigenvalue weighted by Gasteiger charge is 2.27. The van der Waals surface area contributed by atoms with E-state index in [1.165, 1.54) is 28.6 Å². The summed E-state index contributed by atoms with van der Waals surface area (Å²) in [6, 6.07) is 11.0. The average molecular weight is 433 g/mol. The number of non-ortho nitro benzene ring substituents is 1. The average Bonchev–Trinajstić information content (AvgIpc) is 2.77. The minimum atomic E-state index is -3.42. The van der Waals surface area contributed by atoms with E-state index in [0.717, 1.165) is 5.82 Å². The van der Waals surface area contributed by atoms with Crippen LogP contribution < -0.4 is 10.2 Å². The van der Waals surface area contributed by atoms with Crippen molar-refractivity contribution in [3.05, 3.63) is 64.3 Å². The molecule has 0 saturated carbocycles. The van der Waals surface area contributed by atoms with Crippen LogP contribution in [0.4, 0.5) is 11.5 Å². The van der Waals surface area contributed by atoms with E-state index < -0.39 is 20.9 Å². The van der Waals surface area contributed by atoms with Gasteiger partial charge in [-0.3, -0.25) is 14.9 Å². The summed E-state index contributed by atoms with van der Waals surface area (Å²) in [5.74, 6) is 0.282. The smallest absolute Gasteiger partial charge is 0.270 e. The molecule has 2 heterocycles. The lowest BCUT2D eigenvalue weighted by Gasteiger charge is -2.34. The number of nitrogens with one attached hydrogen (secondary N) is 1. The molecule has 160 valence electrons. The van der Waals surface area contributed by atoms with Gasteiger partial charge in [-0.25, -0.2) is 13.4 Å². The molecule has 1 aliphatic heterocycles. The highest BCUT2D eigenvalue weighted by molar-refractivity contribution is 7.89. The summed E-state index contributed by atoms with van der Waals surface area (Å²) in [5.41, 5.74) is -0.00669. The van der Waals surface area contributed by atoms with Crippen LogP contribution in [0.25, 0.3) is 0 Å². The van der Waals surface area contributed by atoms with Crippen molar-refractivity contribution in [2.45, 2.75) is 6.42 Å². The topological polar surface area (TPSA) is 126 Å². The molecule has 1 fully saturated rings. The van der Waals surface area contributed by atoms with Crippen LogP contribution in [-0.4, -0.2) is 67.0 Å². The number of carbonyl (C=O) groups excluding carboxylic acids is 1. The van der Waals surface area contributed by atoms with Gasteiger partial charge in [-0.05, 0) is 24.6 Å². The number of hydrogen-bond donors (Lipinski definition) is 1. The second-order valence-corrected chi connectivity index (χ2v) is 8.90. The number of aromatic nitrogens is 1. The molecule has 3 rings (SSSR count). The summed E-state index contributed by atoms with van der Waals surface area (Å²) in [6.45, 7) is 2.08. The third kappa shape index (κ3) is 5.51. The van der Waals surface area contributed by atoms with Gasteiger partial charge in [0.05, 0.1) is 10.7 Å². The SMILES string of the molecule is O=C(NCCCS(=O)(=O)N1CCN(c2ccccn2)CC1)c1cccc([N+](=O)[O-])c1. The first-order chi connectivity index (χ1) is 14.4. The number of anilines is 1. The summed E-state index contributed by atoms with van der Waals surface area (Å²) >= 11 is 0. The molecule has 10 nitrogen and oxygen atoms in total. The zero-order valence-electron chi connectivity index (χ0n) is 16.3. The summed E-state index contributed by atoms with van der Waals surface area (Å²) in [6.07, 6.45) is 1.96. The van der Waals surface area contributed by atoms with E-state index in [9.17, 15) is 23.3 Å². The molecule has 0 aliphatic carbocycles. The van der Waals surface area contributed by atoms with E-state index in [2.05, 4.69) is 10.3 Å². The first kappa shape index (κ1) is 21.7. The second-order valence-electron chi connectivity index (χ2n) is 6.81. The fraction of sp³-hybridized carbons (Fsp3) is 0.368. The van der Waals surface area contributed by atoms with Crippen molar-refractivity contribution in [1.29, 1.82) is 0 Å². The number of nitrogens with zero attached hydrogens (tertiary/aromatic N) is 4. The van der Waals surface area contributed by atoms with Gasteiger partial charge in [0.15, 0.2) is 0 Å². The zero-order valence-corrected chi connectivity index (χ0v) is 17.1. The van der Waals surface area contributed by atoms with Gasteiger partial charge < -0.3 is 10.2 Å². The normalized spacial score (nSPS) is 15.0. The quantitative estimate of drug-likeness (QED) is 0.377. The van der Waals surface area contributed by atoms with Crippen molar-refractivity contribution in [2.24, 2.45) is 0 Å². The van der Waals surface area contributed by atoms with E-state index in [0.29, 0.717) is 26.2 Å². The first-order valence-corrected chi connectivity index (χ1v) is 11.1. The minimum absolute atomic E-state index is 0.0776. The molecule has 1 aromatic heterocycles. The Morgan fingerprint density at radius 3 is 2.57 bits per heavy atom. The molecule has 0 spiro atoms. The number of rotatable bonds is 8. The molecule has 11 heteroatoms. The predicted molar refractivity (Wildman–Crippen MR) is 112 cm³/mol. The van der Waals surface area contributed by atoms with E-state index in [4.69, 9.17) is 0 Å². The molecule has 1 N–H and O–H groups in total. The monoisotopic (exact) mass is 433 g/mol. The maximum Gasteiger partial charge on any atom is 0.270 e. The standard InChI is InChI=1S/C19H23N5O5S/c25-19(16-5-3-6-17(15-16)24(26)27)21-9-4-14-30(28,29)23-12-10-22(11-13-23)18-7-1-2-8-20-18/h1-3,5-8,15H,4,9-14H2,(H,21,25). The maximum atomic E-state index is 12.6. The van der Waals surface area contributed by atoms with Crippen LogP contribution in [0.5, 0.6) is 0 Å². The molecule has 0 radical (unpaired) electrons. The van der Waals surface area contributed by atoms with Crippen LogP contribution in [0.15, 0.2) is 48.7 Å². The van der Waals surface area contributed by atoms with Crippen molar-refractivity contribution < 1.29 is 18.1 Å². The predicted octanol–water partition coefficient (Wildman–Crippen LogP) is 1.26. The van der Waals surface area contributed by atoms with E-state index in [-0.39, 0.29) is 30.0 Å². The number of carbonyl (C=O) groups is 1. The number of sulfonamides is 1. The zero-order chi connectivity index (χ0) is 21.6. The third-order valence-corrected chi connectivity index (χ3v) is 6.75. The lowest BCUT2D eigenvalue weighted by Crippen LogP contribution is -2.49. The van der Waals surface area contributed by atoms with Gasteiger partial charge in [0.2, 0.25) is 10.0 Å². The Bertz CT molecular complexity index is 991. The van der Waals surface area contributed by atoms with Crippen molar-refractivity contribution in [1.82, 2.24) is 14.6 Å². The summed E-state index contributed by atoms with van der Waals surface area (Å²) < 4.78 is 26.6. The molecule has 0 unspecified atom stereocenters. The summed E-state index contributed by atoms with van der Waals surface area (Å²) in [4.78, 5) is 28.7. The fourth-order valence-corrected chi connectivity index (χ4v) is 4.67. The first-order valence-electron chi connectivity index (χ1n) is 9.53. The number of piperazine rings is 1. The molecule has 1 aliphatic rings. The Kier molecular flexibility index (Phi) is 6.95. The largest absolute Gasteiger partial charge is 0.354 e. The molecule has 0 atom stereocenters. The number of benzene rings is 1. The van der Waals surface area contributed by atoms with Gasteiger partial charge in [-0.2, -0.15) is 4.31 Å². The Labute approximate surface area is 174 Å². The van der Waals surface area contributed by atoms with Gasteiger partial charge in [0.1, 0.15) is 5.82 Å². The molecule has 1 saturated heterocycles. The number of pyridine rings is 1. The number of nitro groups is 1. The van der Waals surface area contributed by atoms with Gasteiger partial charge in [0, 0.05) is 56.6 Å². The van der Waals surface area contributed by atoms with Crippen molar-refractivity contribution >= 4 is 27.4 Å². The van der Waals surface area contributed by atoms with Gasteiger partial charge in [0.25, 0.3) is 11.6 Å². The minimum Gasteiger partial charge on any atom is -0.354 e. The van der Waals surface area contributed by atoms with Gasteiger partial charge >= 0.3 is 0 Å². The van der Waals surface area contributed by atoms with Crippen LogP contribution in [0.1, 0.15) is 16.8 Å². The summed E-state index contributed by atoms with van der Waals surface area (Å²) in [7, 11) is -3.42. The third-order valence-electron chi connectivity index (χ3n) is 4.79. The van der Waals surface area contributed by atoms with Crippen molar-refractivity contribution in [2.75, 3.05) is 43.4 Å². The van der Waals surface area contributed by atoms with Crippen LogP contribution in [0.2, 0.25) is 0 Å². The lowest BCUT2D eigenvalue weighted by molar-refractivity contribution is -0.384. The summed E-state index contributed by atoms with van der Waals surface area (Å²) in [5, 5.41) is 13.4. The van der Waals surface area contributed by atoms with Crippen molar-refractivity contribution in [3.8, 4) is 0 Å². The van der Waals surface area contributed by atoms with Crippen LogP contribution in [-0.2, 0) is 10.0 Å². The Balaban J connectivity index is 1.44. The number of amides is 1. The Morgan fingerprint density at radius 2 is 1.90 bits per heavy atom. The highest BCUT2D eigenvalue weighted by Crippen LogP contribution is 2.15. The molecular weight excluding hydrogens is 410 g/mol. The highest BCUT2D eigenvalue weighted by atomic mass is 32.2. The number of hydrogen-bond acceptors (Lipinski definition) is 7. The van der Waals surface area contributed by atoms with Gasteiger partial charge in [-0.1, -0.05) is 12.1 Å². The van der Waals surface area contributed by atoms with E-state index >= 15 is 0 Å². The van der Waals surface area contributed by atoms with Crippen LogP contribution in [0, 0.1) is 10.1 Å². The van der Waals surface area contributed by atoms with Gasteiger partial charge in [-0.15, -0.1) is 0 Å². The molecular formula is C19H23N5O5S. The Hall–Kier alpha value is -3.05. The molecule has 0 bridgehead atoms. The molecule has 1 aromatic carbocycles. The van der Waals surface area contributed by atoms with Crippen molar-refractivity contribution in [3.63, 3.8) is 0 Å². The fourth-order valence-electron chi connectivity index (χ4n) is 3.18. The number of nitro benzene ring substituents is 1. The molecule has 2 aromatic rings. The molecule has 1 amide bonds. The lowest BCUT2D eigenvalue weighted by atomic mass is 10.2. The second kappa shape index (κ2) is 9.63. The molecule has 30 heavy (non-hydrogen) atoms. The van der Waals surface area contributed by atoms with Crippen LogP contribution >= 0.6 is 0 Å². The van der Waals surface area contributed by atoms with E-state index in [1.807, 2.05) is 23.1 Å². The van der Waals surface area contributed by atoms with Crippen LogP contribution in [0.3, 0.4) is 0 Å². The van der Waals surface area contributed by atoms with E-state index in [1.54, 1.807) is 6.20 Å².